The van der Waals surface area contributed by atoms with Crippen molar-refractivity contribution >= 4 is 27.3 Å². The number of benzene rings is 1. The second-order valence-electron chi connectivity index (χ2n) is 2.94. The number of nitrogens with one attached hydrogen (secondary N) is 2. The van der Waals surface area contributed by atoms with E-state index in [1.807, 2.05) is 24.3 Å². The maximum Gasteiger partial charge on any atom is 0.345 e. The summed E-state index contributed by atoms with van der Waals surface area (Å²) >= 11 is 3.37. The highest BCUT2D eigenvalue weighted by Gasteiger charge is 1.95. The highest BCUT2D eigenvalue weighted by Crippen LogP contribution is 2.18. The van der Waals surface area contributed by atoms with Crippen LogP contribution in [0.1, 0.15) is 0 Å². The minimum Gasteiger partial charge on any atom is -0.353 e. The monoisotopic (exact) mass is 265 g/mol. The third kappa shape index (κ3) is 2.66. The summed E-state index contributed by atoms with van der Waals surface area (Å²) in [5, 5.41) is 3.11. The van der Waals surface area contributed by atoms with Gasteiger partial charge in [0.05, 0.1) is 11.9 Å². The molecule has 0 spiro atoms. The molecule has 0 aliphatic carbocycles. The second-order valence-corrected chi connectivity index (χ2v) is 3.86. The molecule has 0 aliphatic heterocycles. The van der Waals surface area contributed by atoms with Crippen LogP contribution < -0.4 is 11.0 Å². The maximum atomic E-state index is 10.7. The van der Waals surface area contributed by atoms with Gasteiger partial charge in [-0.05, 0) is 18.2 Å². The Bertz CT molecular complexity index is 504. The maximum absolute atomic E-state index is 10.7. The van der Waals surface area contributed by atoms with Crippen molar-refractivity contribution in [2.75, 3.05) is 5.32 Å². The van der Waals surface area contributed by atoms with Crippen molar-refractivity contribution in [2.24, 2.45) is 0 Å². The number of nitrogens with zero attached hydrogens (tertiary/aromatic N) is 1. The van der Waals surface area contributed by atoms with Gasteiger partial charge in [-0.25, -0.2) is 4.79 Å². The van der Waals surface area contributed by atoms with Gasteiger partial charge in [-0.15, -0.1) is 0 Å². The van der Waals surface area contributed by atoms with Gasteiger partial charge in [-0.1, -0.05) is 22.0 Å². The van der Waals surface area contributed by atoms with Gasteiger partial charge < -0.3 is 10.3 Å². The molecule has 4 nitrogen and oxygen atoms in total. The zero-order valence-corrected chi connectivity index (χ0v) is 9.28. The van der Waals surface area contributed by atoms with Gasteiger partial charge in [0.25, 0.3) is 0 Å². The Kier molecular flexibility index (Phi) is 2.82. The summed E-state index contributed by atoms with van der Waals surface area (Å²) in [6, 6.07) is 7.72. The Hall–Kier alpha value is -1.62. The van der Waals surface area contributed by atoms with E-state index in [9.17, 15) is 4.79 Å². The van der Waals surface area contributed by atoms with Crippen molar-refractivity contribution in [3.63, 3.8) is 0 Å². The Morgan fingerprint density at radius 3 is 2.87 bits per heavy atom. The van der Waals surface area contributed by atoms with Gasteiger partial charge in [0.2, 0.25) is 0 Å². The van der Waals surface area contributed by atoms with Crippen molar-refractivity contribution < 1.29 is 0 Å². The second kappa shape index (κ2) is 4.27. The molecule has 0 saturated heterocycles. The molecular weight excluding hydrogens is 258 g/mol. The highest BCUT2D eigenvalue weighted by molar-refractivity contribution is 9.10. The van der Waals surface area contributed by atoms with E-state index in [0.29, 0.717) is 0 Å². The SMILES string of the molecule is O=c1ncc(Nc2cccc(Br)c2)c[nH]1. The van der Waals surface area contributed by atoms with Gasteiger partial charge in [0, 0.05) is 16.4 Å². The summed E-state index contributed by atoms with van der Waals surface area (Å²) in [6.45, 7) is 0. The van der Waals surface area contributed by atoms with Gasteiger partial charge in [-0.3, -0.25) is 0 Å². The van der Waals surface area contributed by atoms with Crippen molar-refractivity contribution in [3.8, 4) is 0 Å². The van der Waals surface area contributed by atoms with Crippen LogP contribution in [0.3, 0.4) is 0 Å². The zero-order valence-electron chi connectivity index (χ0n) is 7.70. The molecular formula is C10H8BrN3O. The first-order valence-corrected chi connectivity index (χ1v) is 5.11. The van der Waals surface area contributed by atoms with Crippen LogP contribution in [0.25, 0.3) is 0 Å². The molecule has 0 amide bonds. The van der Waals surface area contributed by atoms with Gasteiger partial charge in [-0.2, -0.15) is 4.98 Å². The average molecular weight is 266 g/mol. The summed E-state index contributed by atoms with van der Waals surface area (Å²) in [6.07, 6.45) is 3.07. The molecule has 0 fully saturated rings. The molecule has 0 bridgehead atoms. The average Bonchev–Trinajstić information content (AvgIpc) is 2.22. The lowest BCUT2D eigenvalue weighted by Crippen LogP contribution is -2.08. The highest BCUT2D eigenvalue weighted by atomic mass is 79.9. The largest absolute Gasteiger partial charge is 0.353 e. The number of aromatic nitrogens is 2. The standard InChI is InChI=1S/C10H8BrN3O/c11-7-2-1-3-8(4-7)14-9-5-12-10(15)13-6-9/h1-6,14H,(H,12,13,15). The molecule has 15 heavy (non-hydrogen) atoms. The van der Waals surface area contributed by atoms with Crippen LogP contribution in [-0.2, 0) is 0 Å². The Balaban J connectivity index is 2.22. The van der Waals surface area contributed by atoms with Gasteiger partial charge in [0.15, 0.2) is 0 Å². The van der Waals surface area contributed by atoms with Crippen LogP contribution in [0, 0.1) is 0 Å². The van der Waals surface area contributed by atoms with E-state index in [1.54, 1.807) is 6.20 Å². The van der Waals surface area contributed by atoms with E-state index >= 15 is 0 Å². The van der Waals surface area contributed by atoms with Crippen molar-refractivity contribution in [1.82, 2.24) is 9.97 Å². The minimum atomic E-state index is -0.352. The number of H-pyrrole nitrogens is 1. The first-order chi connectivity index (χ1) is 7.24. The molecule has 76 valence electrons. The number of rotatable bonds is 2. The van der Waals surface area contributed by atoms with Crippen LogP contribution in [0.5, 0.6) is 0 Å². The Morgan fingerprint density at radius 1 is 1.33 bits per heavy atom. The Labute approximate surface area is 94.5 Å². The van der Waals surface area contributed by atoms with E-state index in [2.05, 4.69) is 31.2 Å². The molecule has 0 atom stereocenters. The fourth-order valence-corrected chi connectivity index (χ4v) is 1.54. The summed E-state index contributed by atoms with van der Waals surface area (Å²) in [5.41, 5.74) is 1.32. The van der Waals surface area contributed by atoms with Crippen molar-refractivity contribution in [3.05, 3.63) is 51.6 Å². The lowest BCUT2D eigenvalue weighted by Gasteiger charge is -2.04. The fourth-order valence-electron chi connectivity index (χ4n) is 1.14. The molecule has 1 aromatic heterocycles. The van der Waals surface area contributed by atoms with E-state index in [4.69, 9.17) is 0 Å². The summed E-state index contributed by atoms with van der Waals surface area (Å²) < 4.78 is 0.991. The number of aromatic amines is 1. The molecule has 2 rings (SSSR count). The lowest BCUT2D eigenvalue weighted by molar-refractivity contribution is 1.08. The predicted molar refractivity (Wildman–Crippen MR) is 62.3 cm³/mol. The Morgan fingerprint density at radius 2 is 2.20 bits per heavy atom. The third-order valence-electron chi connectivity index (χ3n) is 1.79. The van der Waals surface area contributed by atoms with Gasteiger partial charge >= 0.3 is 5.69 Å². The summed E-state index contributed by atoms with van der Waals surface area (Å²) in [5.74, 6) is 0. The number of halogens is 1. The summed E-state index contributed by atoms with van der Waals surface area (Å²) in [4.78, 5) is 16.8. The first kappa shape index (κ1) is 9.92. The summed E-state index contributed by atoms with van der Waals surface area (Å²) in [7, 11) is 0. The lowest BCUT2D eigenvalue weighted by atomic mass is 10.3. The van der Waals surface area contributed by atoms with Crippen LogP contribution in [0.2, 0.25) is 0 Å². The molecule has 1 aromatic carbocycles. The third-order valence-corrected chi connectivity index (χ3v) is 2.28. The topological polar surface area (TPSA) is 57.8 Å². The normalized spacial score (nSPS) is 9.93. The fraction of sp³-hybridized carbons (Fsp3) is 0. The molecule has 2 N–H and O–H groups in total. The van der Waals surface area contributed by atoms with Crippen LogP contribution in [0.4, 0.5) is 11.4 Å². The molecule has 0 aliphatic rings. The van der Waals surface area contributed by atoms with Crippen LogP contribution in [0.15, 0.2) is 45.9 Å². The minimum absolute atomic E-state index is 0.352. The van der Waals surface area contributed by atoms with Crippen LogP contribution in [-0.4, -0.2) is 9.97 Å². The first-order valence-electron chi connectivity index (χ1n) is 4.31. The van der Waals surface area contributed by atoms with Gasteiger partial charge in [0.1, 0.15) is 0 Å². The van der Waals surface area contributed by atoms with E-state index in [1.165, 1.54) is 6.20 Å². The van der Waals surface area contributed by atoms with Crippen molar-refractivity contribution in [1.29, 1.82) is 0 Å². The van der Waals surface area contributed by atoms with Crippen molar-refractivity contribution in [2.45, 2.75) is 0 Å². The number of anilines is 2. The molecule has 2 aromatic rings. The molecule has 1 heterocycles. The quantitative estimate of drug-likeness (QED) is 0.876. The molecule has 0 saturated carbocycles. The van der Waals surface area contributed by atoms with Crippen LogP contribution >= 0.6 is 15.9 Å². The molecule has 0 unspecified atom stereocenters. The van der Waals surface area contributed by atoms with E-state index < -0.39 is 0 Å². The number of hydrogen-bond donors (Lipinski definition) is 2. The van der Waals surface area contributed by atoms with E-state index in [0.717, 1.165) is 15.8 Å². The molecule has 0 radical (unpaired) electrons. The number of hydrogen-bond acceptors (Lipinski definition) is 3. The molecule has 5 heteroatoms. The predicted octanol–water partition coefficient (Wildman–Crippen LogP) is 2.28. The zero-order chi connectivity index (χ0) is 10.7. The smallest absolute Gasteiger partial charge is 0.345 e. The van der Waals surface area contributed by atoms with E-state index in [-0.39, 0.29) is 5.69 Å².